The van der Waals surface area contributed by atoms with Crippen molar-refractivity contribution < 1.29 is 9.13 Å². The quantitative estimate of drug-likeness (QED) is 0.829. The van der Waals surface area contributed by atoms with Gasteiger partial charge in [-0.15, -0.1) is 0 Å². The largest absolute Gasteiger partial charge is 0.496 e. The zero-order chi connectivity index (χ0) is 13.1. The average molecular weight is 240 g/mol. The van der Waals surface area contributed by atoms with E-state index in [4.69, 9.17) is 16.2 Å². The molecule has 0 radical (unpaired) electrons. The van der Waals surface area contributed by atoms with E-state index in [1.165, 1.54) is 12.1 Å². The summed E-state index contributed by atoms with van der Waals surface area (Å²) in [4.78, 5) is 0. The van der Waals surface area contributed by atoms with Crippen molar-refractivity contribution in [2.75, 3.05) is 13.7 Å². The van der Waals surface area contributed by atoms with Gasteiger partial charge in [-0.1, -0.05) is 13.8 Å². The van der Waals surface area contributed by atoms with E-state index in [2.05, 4.69) is 0 Å². The molecule has 0 spiro atoms. The number of rotatable bonds is 5. The van der Waals surface area contributed by atoms with Gasteiger partial charge < -0.3 is 16.2 Å². The van der Waals surface area contributed by atoms with Gasteiger partial charge in [-0.3, -0.25) is 0 Å². The predicted octanol–water partition coefficient (Wildman–Crippen LogP) is 2.21. The van der Waals surface area contributed by atoms with Crippen LogP contribution in [0.5, 0.6) is 5.75 Å². The summed E-state index contributed by atoms with van der Waals surface area (Å²) in [5.41, 5.74) is 12.3. The summed E-state index contributed by atoms with van der Waals surface area (Å²) in [7, 11) is 1.55. The summed E-state index contributed by atoms with van der Waals surface area (Å²) in [6.07, 6.45) is 0.772. The third-order valence-corrected chi connectivity index (χ3v) is 3.16. The molecule has 0 fully saturated rings. The Balaban J connectivity index is 3.09. The van der Waals surface area contributed by atoms with Crippen LogP contribution in [-0.2, 0) is 0 Å². The maximum absolute atomic E-state index is 13.3. The highest BCUT2D eigenvalue weighted by molar-refractivity contribution is 5.37. The molecule has 0 saturated carbocycles. The Hall–Kier alpha value is -1.13. The zero-order valence-corrected chi connectivity index (χ0v) is 10.7. The highest BCUT2D eigenvalue weighted by Gasteiger charge is 2.29. The number of methoxy groups -OCH3 is 1. The average Bonchev–Trinajstić information content (AvgIpc) is 2.28. The molecule has 0 aliphatic carbocycles. The minimum Gasteiger partial charge on any atom is -0.496 e. The third kappa shape index (κ3) is 3.17. The molecule has 4 N–H and O–H groups in total. The molecule has 1 aromatic carbocycles. The first kappa shape index (κ1) is 13.9. The van der Waals surface area contributed by atoms with Gasteiger partial charge in [0.1, 0.15) is 11.6 Å². The Bertz CT molecular complexity index is 380. The molecule has 0 heterocycles. The van der Waals surface area contributed by atoms with E-state index in [0.29, 0.717) is 17.9 Å². The maximum Gasteiger partial charge on any atom is 0.123 e. The fourth-order valence-electron chi connectivity index (χ4n) is 1.90. The molecule has 4 heteroatoms. The lowest BCUT2D eigenvalue weighted by Gasteiger charge is -2.32. The summed E-state index contributed by atoms with van der Waals surface area (Å²) < 4.78 is 18.5. The molecule has 17 heavy (non-hydrogen) atoms. The van der Waals surface area contributed by atoms with E-state index in [-0.39, 0.29) is 17.3 Å². The molecule has 1 aromatic rings. The number of halogens is 1. The minimum absolute atomic E-state index is 0.199. The minimum atomic E-state index is -0.309. The Morgan fingerprint density at radius 3 is 2.59 bits per heavy atom. The molecular formula is C13H21FN2O. The van der Waals surface area contributed by atoms with Crippen LogP contribution < -0.4 is 16.2 Å². The molecule has 96 valence electrons. The molecule has 3 nitrogen and oxygen atoms in total. The second-order valence-electron chi connectivity index (χ2n) is 4.89. The monoisotopic (exact) mass is 240 g/mol. The van der Waals surface area contributed by atoms with Crippen molar-refractivity contribution in [1.82, 2.24) is 0 Å². The number of benzene rings is 1. The van der Waals surface area contributed by atoms with Crippen molar-refractivity contribution in [2.24, 2.45) is 16.9 Å². The topological polar surface area (TPSA) is 61.3 Å². The van der Waals surface area contributed by atoms with E-state index in [1.54, 1.807) is 13.2 Å². The van der Waals surface area contributed by atoms with Crippen molar-refractivity contribution in [3.63, 3.8) is 0 Å². The molecule has 0 bridgehead atoms. The van der Waals surface area contributed by atoms with Gasteiger partial charge in [-0.2, -0.15) is 0 Å². The Morgan fingerprint density at radius 1 is 1.41 bits per heavy atom. The van der Waals surface area contributed by atoms with Crippen molar-refractivity contribution in [3.8, 4) is 5.75 Å². The van der Waals surface area contributed by atoms with Crippen LogP contribution >= 0.6 is 0 Å². The first-order chi connectivity index (χ1) is 7.92. The lowest BCUT2D eigenvalue weighted by atomic mass is 9.78. The van der Waals surface area contributed by atoms with E-state index < -0.39 is 0 Å². The number of hydrogen-bond donors (Lipinski definition) is 2. The Labute approximate surface area is 102 Å². The smallest absolute Gasteiger partial charge is 0.123 e. The van der Waals surface area contributed by atoms with E-state index >= 15 is 0 Å². The van der Waals surface area contributed by atoms with Gasteiger partial charge in [-0.05, 0) is 36.6 Å². The number of hydrogen-bond acceptors (Lipinski definition) is 3. The number of ether oxygens (including phenoxy) is 1. The van der Waals surface area contributed by atoms with Crippen molar-refractivity contribution >= 4 is 0 Å². The third-order valence-electron chi connectivity index (χ3n) is 3.16. The van der Waals surface area contributed by atoms with Crippen LogP contribution in [0.2, 0.25) is 0 Å². The summed E-state index contributed by atoms with van der Waals surface area (Å²) in [6, 6.07) is 4.09. The lowest BCUT2D eigenvalue weighted by Crippen LogP contribution is -2.31. The lowest BCUT2D eigenvalue weighted by molar-refractivity contribution is 0.264. The van der Waals surface area contributed by atoms with Crippen molar-refractivity contribution in [3.05, 3.63) is 29.6 Å². The molecule has 0 aliphatic heterocycles. The van der Waals surface area contributed by atoms with Gasteiger partial charge in [0.25, 0.3) is 0 Å². The first-order valence-corrected chi connectivity index (χ1v) is 5.71. The van der Waals surface area contributed by atoms with Crippen LogP contribution in [0.15, 0.2) is 18.2 Å². The molecule has 0 amide bonds. The van der Waals surface area contributed by atoms with Crippen LogP contribution in [0.1, 0.15) is 31.9 Å². The molecule has 1 atom stereocenters. The van der Waals surface area contributed by atoms with Gasteiger partial charge >= 0.3 is 0 Å². The molecule has 0 aromatic heterocycles. The fraction of sp³-hybridized carbons (Fsp3) is 0.538. The fourth-order valence-corrected chi connectivity index (χ4v) is 1.90. The van der Waals surface area contributed by atoms with Gasteiger partial charge in [0.2, 0.25) is 0 Å². The van der Waals surface area contributed by atoms with E-state index in [9.17, 15) is 4.39 Å². The van der Waals surface area contributed by atoms with Gasteiger partial charge in [0.15, 0.2) is 0 Å². The predicted molar refractivity (Wildman–Crippen MR) is 67.3 cm³/mol. The van der Waals surface area contributed by atoms with Crippen molar-refractivity contribution in [2.45, 2.75) is 26.3 Å². The number of nitrogens with two attached hydrogens (primary N) is 2. The van der Waals surface area contributed by atoms with Crippen LogP contribution in [0, 0.1) is 11.2 Å². The Morgan fingerprint density at radius 2 is 2.06 bits per heavy atom. The summed E-state index contributed by atoms with van der Waals surface area (Å²) in [5, 5.41) is 0. The highest BCUT2D eigenvalue weighted by Crippen LogP contribution is 2.38. The zero-order valence-electron chi connectivity index (χ0n) is 10.7. The van der Waals surface area contributed by atoms with Gasteiger partial charge in [0, 0.05) is 11.6 Å². The van der Waals surface area contributed by atoms with Gasteiger partial charge in [-0.25, -0.2) is 4.39 Å². The summed E-state index contributed by atoms with van der Waals surface area (Å²) in [5.74, 6) is 0.309. The van der Waals surface area contributed by atoms with E-state index in [0.717, 1.165) is 6.42 Å². The molecule has 0 aliphatic rings. The SMILES string of the molecule is COc1ccc(F)cc1C(N)C(C)(C)CCN. The summed E-state index contributed by atoms with van der Waals surface area (Å²) in [6.45, 7) is 4.60. The molecule has 1 rings (SSSR count). The normalized spacial score (nSPS) is 13.5. The second-order valence-corrected chi connectivity index (χ2v) is 4.89. The van der Waals surface area contributed by atoms with Crippen molar-refractivity contribution in [1.29, 1.82) is 0 Å². The van der Waals surface area contributed by atoms with Crippen LogP contribution in [0.3, 0.4) is 0 Å². The first-order valence-electron chi connectivity index (χ1n) is 5.71. The highest BCUT2D eigenvalue weighted by atomic mass is 19.1. The summed E-state index contributed by atoms with van der Waals surface area (Å²) >= 11 is 0. The van der Waals surface area contributed by atoms with Crippen LogP contribution in [-0.4, -0.2) is 13.7 Å². The standard InChI is InChI=1S/C13H21FN2O/c1-13(2,6-7-15)12(16)10-8-9(14)4-5-11(10)17-3/h4-5,8,12H,6-7,15-16H2,1-3H3. The molecular weight excluding hydrogens is 219 g/mol. The molecule has 1 unspecified atom stereocenters. The van der Waals surface area contributed by atoms with Crippen LogP contribution in [0.25, 0.3) is 0 Å². The Kier molecular flexibility index (Phi) is 4.48. The van der Waals surface area contributed by atoms with Crippen LogP contribution in [0.4, 0.5) is 4.39 Å². The van der Waals surface area contributed by atoms with Gasteiger partial charge in [0.05, 0.1) is 7.11 Å². The second kappa shape index (κ2) is 5.47. The molecule has 0 saturated heterocycles. The van der Waals surface area contributed by atoms with E-state index in [1.807, 2.05) is 13.8 Å². The maximum atomic E-state index is 13.3.